The molecule has 0 aliphatic carbocycles. The molecule has 7 heteroatoms. The maximum absolute atomic E-state index is 11.7. The quantitative estimate of drug-likeness (QED) is 0.641. The average Bonchev–Trinajstić information content (AvgIpc) is 2.43. The van der Waals surface area contributed by atoms with Crippen molar-refractivity contribution in [3.8, 4) is 0 Å². The summed E-state index contributed by atoms with van der Waals surface area (Å²) in [5, 5.41) is 3.36. The Hall–Kier alpha value is -1.66. The molecule has 0 radical (unpaired) electrons. The van der Waals surface area contributed by atoms with Crippen LogP contribution in [-0.2, 0) is 16.0 Å². The molecular formula is C14H13BrClN3O2. The van der Waals surface area contributed by atoms with Crippen LogP contribution in [0.5, 0.6) is 0 Å². The van der Waals surface area contributed by atoms with Gasteiger partial charge in [-0.05, 0) is 25.1 Å². The zero-order valence-electron chi connectivity index (χ0n) is 11.3. The number of aromatic nitrogens is 2. The summed E-state index contributed by atoms with van der Waals surface area (Å²) in [5.74, 6) is 0.118. The fourth-order valence-electron chi connectivity index (χ4n) is 1.71. The van der Waals surface area contributed by atoms with Gasteiger partial charge in [0.25, 0.3) is 0 Å². The number of carbonyl (C=O) groups excluding carboxylic acids is 1. The highest BCUT2D eigenvalue weighted by molar-refractivity contribution is 9.10. The summed E-state index contributed by atoms with van der Waals surface area (Å²) in [5.41, 5.74) is 1.34. The van der Waals surface area contributed by atoms with Crippen LogP contribution < -0.4 is 5.32 Å². The molecular weight excluding hydrogens is 358 g/mol. The van der Waals surface area contributed by atoms with Gasteiger partial charge in [-0.15, -0.1) is 0 Å². The molecule has 0 aliphatic heterocycles. The van der Waals surface area contributed by atoms with Crippen LogP contribution in [0.4, 0.5) is 11.5 Å². The minimum atomic E-state index is -0.369. The first-order chi connectivity index (χ1) is 10.1. The maximum atomic E-state index is 11.7. The number of esters is 1. The molecule has 0 fully saturated rings. The van der Waals surface area contributed by atoms with E-state index in [2.05, 4.69) is 31.2 Å². The number of hydrogen-bond donors (Lipinski definition) is 1. The van der Waals surface area contributed by atoms with Crippen LogP contribution in [0, 0.1) is 0 Å². The van der Waals surface area contributed by atoms with Gasteiger partial charge in [0, 0.05) is 15.7 Å². The van der Waals surface area contributed by atoms with Crippen LogP contribution in [0.2, 0.25) is 5.15 Å². The van der Waals surface area contributed by atoms with Crippen LogP contribution >= 0.6 is 27.5 Å². The normalized spacial score (nSPS) is 10.2. The van der Waals surface area contributed by atoms with Crippen LogP contribution in [0.3, 0.4) is 0 Å². The number of anilines is 2. The van der Waals surface area contributed by atoms with Crippen LogP contribution in [-0.4, -0.2) is 22.5 Å². The first kappa shape index (κ1) is 15.7. The second-order valence-corrected chi connectivity index (χ2v) is 5.38. The highest BCUT2D eigenvalue weighted by Crippen LogP contribution is 2.25. The van der Waals surface area contributed by atoms with Gasteiger partial charge in [-0.3, -0.25) is 4.79 Å². The number of hydrogen-bond acceptors (Lipinski definition) is 5. The lowest BCUT2D eigenvalue weighted by molar-refractivity contribution is -0.142. The number of rotatable bonds is 5. The third kappa shape index (κ3) is 4.41. The second-order valence-electron chi connectivity index (χ2n) is 4.11. The van der Waals surface area contributed by atoms with Gasteiger partial charge < -0.3 is 10.1 Å². The van der Waals surface area contributed by atoms with Gasteiger partial charge in [0.1, 0.15) is 17.3 Å². The Bertz CT molecular complexity index is 652. The van der Waals surface area contributed by atoms with E-state index in [9.17, 15) is 4.79 Å². The minimum Gasteiger partial charge on any atom is -0.466 e. The fourth-order valence-corrected chi connectivity index (χ4v) is 2.31. The van der Waals surface area contributed by atoms with Gasteiger partial charge in [0.05, 0.1) is 13.0 Å². The Morgan fingerprint density at radius 3 is 2.95 bits per heavy atom. The average molecular weight is 371 g/mol. The summed E-state index contributed by atoms with van der Waals surface area (Å²) >= 11 is 9.46. The van der Waals surface area contributed by atoms with Gasteiger partial charge in [-0.1, -0.05) is 33.6 Å². The topological polar surface area (TPSA) is 64.1 Å². The Kier molecular flexibility index (Phi) is 5.52. The Morgan fingerprint density at radius 1 is 1.43 bits per heavy atom. The standard InChI is InChI=1S/C14H13BrClN3O2/c1-2-21-12(20)7-11-13(16)17-8-18-14(11)19-10-5-3-4-9(15)6-10/h3-6,8H,2,7H2,1H3,(H,17,18,19). The molecule has 1 aromatic carbocycles. The Balaban J connectivity index is 2.26. The van der Waals surface area contributed by atoms with Crippen molar-refractivity contribution in [3.63, 3.8) is 0 Å². The molecule has 2 rings (SSSR count). The molecule has 0 unspecified atom stereocenters. The van der Waals surface area contributed by atoms with Gasteiger partial charge in [-0.2, -0.15) is 0 Å². The van der Waals surface area contributed by atoms with Crippen LogP contribution in [0.25, 0.3) is 0 Å². The van der Waals surface area contributed by atoms with Crippen LogP contribution in [0.1, 0.15) is 12.5 Å². The predicted octanol–water partition coefficient (Wildman–Crippen LogP) is 3.74. The van der Waals surface area contributed by atoms with Crippen molar-refractivity contribution in [2.45, 2.75) is 13.3 Å². The molecule has 110 valence electrons. The van der Waals surface area contributed by atoms with Crippen molar-refractivity contribution < 1.29 is 9.53 Å². The molecule has 2 aromatic rings. The number of nitrogens with zero attached hydrogens (tertiary/aromatic N) is 2. The number of halogens is 2. The van der Waals surface area contributed by atoms with E-state index in [1.807, 2.05) is 24.3 Å². The highest BCUT2D eigenvalue weighted by Gasteiger charge is 2.15. The predicted molar refractivity (Wildman–Crippen MR) is 84.8 cm³/mol. The third-order valence-corrected chi connectivity index (χ3v) is 3.43. The number of benzene rings is 1. The van der Waals surface area contributed by atoms with E-state index in [0.717, 1.165) is 10.2 Å². The van der Waals surface area contributed by atoms with E-state index in [0.29, 0.717) is 18.0 Å². The highest BCUT2D eigenvalue weighted by atomic mass is 79.9. The van der Waals surface area contributed by atoms with Crippen molar-refractivity contribution in [1.82, 2.24) is 9.97 Å². The van der Waals surface area contributed by atoms with Crippen LogP contribution in [0.15, 0.2) is 35.1 Å². The molecule has 0 bridgehead atoms. The molecule has 0 aliphatic rings. The number of carbonyl (C=O) groups is 1. The van der Waals surface area contributed by atoms with Crippen molar-refractivity contribution >= 4 is 45.0 Å². The molecule has 0 saturated carbocycles. The molecule has 0 atom stereocenters. The summed E-state index contributed by atoms with van der Waals surface area (Å²) in [4.78, 5) is 19.7. The fraction of sp³-hybridized carbons (Fsp3) is 0.214. The maximum Gasteiger partial charge on any atom is 0.310 e. The first-order valence-corrected chi connectivity index (χ1v) is 7.45. The van der Waals surface area contributed by atoms with Gasteiger partial charge >= 0.3 is 5.97 Å². The van der Waals surface area contributed by atoms with Crippen molar-refractivity contribution in [2.24, 2.45) is 0 Å². The molecule has 0 spiro atoms. The summed E-state index contributed by atoms with van der Waals surface area (Å²) in [6, 6.07) is 7.58. The lowest BCUT2D eigenvalue weighted by Crippen LogP contribution is -2.11. The molecule has 5 nitrogen and oxygen atoms in total. The SMILES string of the molecule is CCOC(=O)Cc1c(Cl)ncnc1Nc1cccc(Br)c1. The molecule has 21 heavy (non-hydrogen) atoms. The number of nitrogens with one attached hydrogen (secondary N) is 1. The Morgan fingerprint density at radius 2 is 2.24 bits per heavy atom. The third-order valence-electron chi connectivity index (χ3n) is 2.61. The smallest absolute Gasteiger partial charge is 0.310 e. The summed E-state index contributed by atoms with van der Waals surface area (Å²) in [6.45, 7) is 2.07. The molecule has 0 amide bonds. The van der Waals surface area contributed by atoms with E-state index in [-0.39, 0.29) is 17.5 Å². The number of ether oxygens (including phenoxy) is 1. The van der Waals surface area contributed by atoms with Gasteiger partial charge in [0.15, 0.2) is 0 Å². The molecule has 1 aromatic heterocycles. The van der Waals surface area contributed by atoms with E-state index in [1.54, 1.807) is 6.92 Å². The lowest BCUT2D eigenvalue weighted by atomic mass is 10.2. The van der Waals surface area contributed by atoms with Crippen molar-refractivity contribution in [1.29, 1.82) is 0 Å². The minimum absolute atomic E-state index is 0.0177. The van der Waals surface area contributed by atoms with Gasteiger partial charge in [-0.25, -0.2) is 9.97 Å². The van der Waals surface area contributed by atoms with E-state index in [4.69, 9.17) is 16.3 Å². The van der Waals surface area contributed by atoms with Crippen molar-refractivity contribution in [2.75, 3.05) is 11.9 Å². The monoisotopic (exact) mass is 369 g/mol. The molecule has 1 heterocycles. The zero-order valence-corrected chi connectivity index (χ0v) is 13.6. The second kappa shape index (κ2) is 7.38. The van der Waals surface area contributed by atoms with E-state index < -0.39 is 0 Å². The van der Waals surface area contributed by atoms with Gasteiger partial charge in [0.2, 0.25) is 0 Å². The lowest BCUT2D eigenvalue weighted by Gasteiger charge is -2.11. The van der Waals surface area contributed by atoms with E-state index >= 15 is 0 Å². The molecule has 1 N–H and O–H groups in total. The summed E-state index contributed by atoms with van der Waals surface area (Å²) in [7, 11) is 0. The van der Waals surface area contributed by atoms with E-state index in [1.165, 1.54) is 6.33 Å². The Labute approximate surface area is 135 Å². The first-order valence-electron chi connectivity index (χ1n) is 6.27. The zero-order chi connectivity index (χ0) is 15.2. The van der Waals surface area contributed by atoms with Crippen molar-refractivity contribution in [3.05, 3.63) is 45.8 Å². The molecule has 0 saturated heterocycles. The largest absolute Gasteiger partial charge is 0.466 e. The summed E-state index contributed by atoms with van der Waals surface area (Å²) in [6.07, 6.45) is 1.36. The summed E-state index contributed by atoms with van der Waals surface area (Å²) < 4.78 is 5.87.